The third kappa shape index (κ3) is 3.09. The molecule has 3 unspecified atom stereocenters. The second kappa shape index (κ2) is 5.38. The highest BCUT2D eigenvalue weighted by Crippen LogP contribution is 2.32. The summed E-state index contributed by atoms with van der Waals surface area (Å²) in [5.41, 5.74) is 5.66. The van der Waals surface area contributed by atoms with Crippen LogP contribution in [0.15, 0.2) is 21.6 Å². The van der Waals surface area contributed by atoms with Gasteiger partial charge in [-0.15, -0.1) is 0 Å². The maximum absolute atomic E-state index is 12.4. The van der Waals surface area contributed by atoms with Crippen molar-refractivity contribution in [2.75, 3.05) is 5.73 Å². The Morgan fingerprint density at radius 1 is 1.42 bits per heavy atom. The van der Waals surface area contributed by atoms with E-state index in [1.165, 1.54) is 12.3 Å². The van der Waals surface area contributed by atoms with Crippen LogP contribution in [0.3, 0.4) is 0 Å². The van der Waals surface area contributed by atoms with Crippen molar-refractivity contribution in [3.8, 4) is 0 Å². The van der Waals surface area contributed by atoms with E-state index in [0.717, 1.165) is 12.8 Å². The third-order valence-corrected chi connectivity index (χ3v) is 5.86. The van der Waals surface area contributed by atoms with E-state index in [-0.39, 0.29) is 16.8 Å². The van der Waals surface area contributed by atoms with Gasteiger partial charge in [-0.2, -0.15) is 0 Å². The number of hydrogen-bond acceptors (Lipinski definition) is 4. The first-order chi connectivity index (χ1) is 8.81. The lowest BCUT2D eigenvalue weighted by Gasteiger charge is -2.20. The molecule has 3 atom stereocenters. The number of nitrogen functional groups attached to an aromatic ring is 1. The van der Waals surface area contributed by atoms with E-state index in [1.807, 2.05) is 0 Å². The lowest BCUT2D eigenvalue weighted by molar-refractivity contribution is 0.402. The molecule has 0 bridgehead atoms. The second-order valence-electron chi connectivity index (χ2n) is 5.18. The number of rotatable bonds is 3. The molecule has 0 aromatic carbocycles. The number of nitrogens with two attached hydrogens (primary N) is 1. The van der Waals surface area contributed by atoms with E-state index in [9.17, 15) is 8.42 Å². The summed E-state index contributed by atoms with van der Waals surface area (Å²) in [4.78, 5) is 3.90. The zero-order valence-electron chi connectivity index (χ0n) is 10.9. The largest absolute Gasteiger partial charge is 0.383 e. The summed E-state index contributed by atoms with van der Waals surface area (Å²) in [7, 11) is -3.62. The van der Waals surface area contributed by atoms with E-state index >= 15 is 0 Å². The summed E-state index contributed by atoms with van der Waals surface area (Å²) in [5, 5.41) is 0. The molecule has 5 nitrogen and oxygen atoms in total. The molecule has 2 rings (SSSR count). The van der Waals surface area contributed by atoms with E-state index in [0.29, 0.717) is 16.3 Å². The lowest BCUT2D eigenvalue weighted by atomic mass is 9.98. The Morgan fingerprint density at radius 2 is 2.11 bits per heavy atom. The van der Waals surface area contributed by atoms with E-state index in [2.05, 4.69) is 39.5 Å². The molecule has 106 valence electrons. The fraction of sp³-hybridized carbons (Fsp3) is 0.583. The van der Waals surface area contributed by atoms with Crippen LogP contribution in [-0.4, -0.2) is 19.4 Å². The van der Waals surface area contributed by atoms with Gasteiger partial charge in [0.05, 0.1) is 0 Å². The minimum atomic E-state index is -3.62. The zero-order chi connectivity index (χ0) is 14.2. The molecular weight excluding hydrogens is 330 g/mol. The van der Waals surface area contributed by atoms with Crippen LogP contribution in [0.25, 0.3) is 0 Å². The van der Waals surface area contributed by atoms with Crippen molar-refractivity contribution < 1.29 is 8.42 Å². The van der Waals surface area contributed by atoms with Gasteiger partial charge in [-0.25, -0.2) is 18.1 Å². The molecule has 0 amide bonds. The summed E-state index contributed by atoms with van der Waals surface area (Å²) in [6.45, 7) is 4.22. The number of nitrogens with one attached hydrogen (secondary N) is 1. The molecule has 0 aliphatic heterocycles. The van der Waals surface area contributed by atoms with Crippen molar-refractivity contribution in [1.82, 2.24) is 9.71 Å². The molecule has 0 radical (unpaired) electrons. The number of aromatic nitrogens is 1. The smallest absolute Gasteiger partial charge is 0.244 e. The molecule has 1 heterocycles. The van der Waals surface area contributed by atoms with Crippen LogP contribution in [0.5, 0.6) is 0 Å². The minimum Gasteiger partial charge on any atom is -0.383 e. The normalized spacial score (nSPS) is 27.6. The fourth-order valence-corrected chi connectivity index (χ4v) is 4.39. The van der Waals surface area contributed by atoms with Gasteiger partial charge < -0.3 is 5.73 Å². The number of pyridine rings is 1. The summed E-state index contributed by atoms with van der Waals surface area (Å²) in [6.07, 6.45) is 3.39. The SMILES string of the molecule is CC1CCC(NS(=O)(=O)c2cc(Br)cnc2N)C1C. The molecule has 3 N–H and O–H groups in total. The van der Waals surface area contributed by atoms with Crippen molar-refractivity contribution in [1.29, 1.82) is 0 Å². The number of hydrogen-bond donors (Lipinski definition) is 2. The number of sulfonamides is 1. The average molecular weight is 348 g/mol. The third-order valence-electron chi connectivity index (χ3n) is 3.91. The summed E-state index contributed by atoms with van der Waals surface area (Å²) in [6, 6.07) is 1.45. The minimum absolute atomic E-state index is 0.0226. The molecule has 1 aromatic rings. The average Bonchev–Trinajstić information content (AvgIpc) is 2.63. The first-order valence-corrected chi connectivity index (χ1v) is 8.52. The van der Waals surface area contributed by atoms with Crippen molar-refractivity contribution >= 4 is 31.8 Å². The van der Waals surface area contributed by atoms with Crippen LogP contribution >= 0.6 is 15.9 Å². The van der Waals surface area contributed by atoms with Crippen LogP contribution in [-0.2, 0) is 10.0 Å². The van der Waals surface area contributed by atoms with Gasteiger partial charge in [-0.3, -0.25) is 0 Å². The Labute approximate surface area is 122 Å². The summed E-state index contributed by atoms with van der Waals surface area (Å²) < 4.78 is 28.1. The molecular formula is C12H18BrN3O2S. The number of halogens is 1. The fourth-order valence-electron chi connectivity index (χ4n) is 2.44. The molecule has 1 fully saturated rings. The summed E-state index contributed by atoms with van der Waals surface area (Å²) in [5.74, 6) is 0.885. The maximum atomic E-state index is 12.4. The predicted octanol–water partition coefficient (Wildman–Crippen LogP) is 2.14. The Hall–Kier alpha value is -0.660. The zero-order valence-corrected chi connectivity index (χ0v) is 13.3. The summed E-state index contributed by atoms with van der Waals surface area (Å²) >= 11 is 3.21. The van der Waals surface area contributed by atoms with Crippen LogP contribution in [0, 0.1) is 11.8 Å². The van der Waals surface area contributed by atoms with Gasteiger partial charge >= 0.3 is 0 Å². The van der Waals surface area contributed by atoms with Gasteiger partial charge in [0, 0.05) is 16.7 Å². The van der Waals surface area contributed by atoms with Crippen molar-refractivity contribution in [2.45, 2.75) is 37.6 Å². The van der Waals surface area contributed by atoms with Crippen LogP contribution in [0.1, 0.15) is 26.7 Å². The van der Waals surface area contributed by atoms with Crippen LogP contribution < -0.4 is 10.5 Å². The molecule has 1 saturated carbocycles. The molecule has 7 heteroatoms. The maximum Gasteiger partial charge on any atom is 0.244 e. The highest BCUT2D eigenvalue weighted by atomic mass is 79.9. The first-order valence-electron chi connectivity index (χ1n) is 6.24. The quantitative estimate of drug-likeness (QED) is 0.876. The van der Waals surface area contributed by atoms with Gasteiger partial charge in [0.25, 0.3) is 0 Å². The van der Waals surface area contributed by atoms with Crippen LogP contribution in [0.4, 0.5) is 5.82 Å². The standard InChI is InChI=1S/C12H18BrN3O2S/c1-7-3-4-10(8(7)2)16-19(17,18)11-5-9(13)6-15-12(11)14/h5-8,10,16H,3-4H2,1-2H3,(H2,14,15). The Morgan fingerprint density at radius 3 is 2.68 bits per heavy atom. The molecule has 1 aliphatic rings. The second-order valence-corrected chi connectivity index (χ2v) is 7.78. The van der Waals surface area contributed by atoms with E-state index < -0.39 is 10.0 Å². The van der Waals surface area contributed by atoms with E-state index in [4.69, 9.17) is 5.73 Å². The molecule has 1 aromatic heterocycles. The predicted molar refractivity (Wildman–Crippen MR) is 78.0 cm³/mol. The topological polar surface area (TPSA) is 85.1 Å². The molecule has 0 saturated heterocycles. The highest BCUT2D eigenvalue weighted by molar-refractivity contribution is 9.10. The van der Waals surface area contributed by atoms with Crippen molar-refractivity contribution in [3.05, 3.63) is 16.7 Å². The van der Waals surface area contributed by atoms with Crippen LogP contribution in [0.2, 0.25) is 0 Å². The molecule has 19 heavy (non-hydrogen) atoms. The molecule has 0 spiro atoms. The number of anilines is 1. The van der Waals surface area contributed by atoms with Crippen molar-refractivity contribution in [2.24, 2.45) is 11.8 Å². The first kappa shape index (κ1) is 14.7. The molecule has 1 aliphatic carbocycles. The lowest BCUT2D eigenvalue weighted by Crippen LogP contribution is -2.37. The van der Waals surface area contributed by atoms with Gasteiger partial charge in [-0.05, 0) is 46.7 Å². The van der Waals surface area contributed by atoms with Gasteiger partial charge in [0.15, 0.2) is 0 Å². The highest BCUT2D eigenvalue weighted by Gasteiger charge is 2.33. The Kier molecular flexibility index (Phi) is 4.17. The van der Waals surface area contributed by atoms with E-state index in [1.54, 1.807) is 0 Å². The Balaban J connectivity index is 2.26. The Bertz CT molecular complexity index is 576. The number of nitrogens with zero attached hydrogens (tertiary/aromatic N) is 1. The van der Waals surface area contributed by atoms with Gasteiger partial charge in [0.1, 0.15) is 10.7 Å². The monoisotopic (exact) mass is 347 g/mol. The van der Waals surface area contributed by atoms with Gasteiger partial charge in [0.2, 0.25) is 10.0 Å². The van der Waals surface area contributed by atoms with Gasteiger partial charge in [-0.1, -0.05) is 13.8 Å². The van der Waals surface area contributed by atoms with Crippen molar-refractivity contribution in [3.63, 3.8) is 0 Å².